The van der Waals surface area contributed by atoms with Crippen molar-refractivity contribution in [1.82, 2.24) is 4.90 Å². The molecule has 1 amide bonds. The number of hydrogen-bond acceptors (Lipinski definition) is 3. The van der Waals surface area contributed by atoms with Crippen LogP contribution in [0.3, 0.4) is 0 Å². The average molecular weight is 250 g/mol. The maximum Gasteiger partial charge on any atom is 0.225 e. The number of amides is 1. The second kappa shape index (κ2) is 7.01. The van der Waals surface area contributed by atoms with Crippen molar-refractivity contribution in [2.45, 2.75) is 19.9 Å². The van der Waals surface area contributed by atoms with Crippen molar-refractivity contribution >= 4 is 5.91 Å². The summed E-state index contributed by atoms with van der Waals surface area (Å²) in [6.45, 7) is 3.04. The molecule has 0 radical (unpaired) electrons. The van der Waals surface area contributed by atoms with Gasteiger partial charge in [0.2, 0.25) is 5.91 Å². The van der Waals surface area contributed by atoms with Crippen LogP contribution < -0.4 is 10.5 Å². The molecule has 1 aromatic rings. The van der Waals surface area contributed by atoms with Crippen LogP contribution in [-0.2, 0) is 11.3 Å². The van der Waals surface area contributed by atoms with E-state index >= 15 is 0 Å². The lowest BCUT2D eigenvalue weighted by atomic mass is 10.1. The summed E-state index contributed by atoms with van der Waals surface area (Å²) >= 11 is 0. The number of methoxy groups -OCH3 is 1. The predicted octanol–water partition coefficient (Wildman–Crippen LogP) is 1.64. The van der Waals surface area contributed by atoms with E-state index in [4.69, 9.17) is 10.5 Å². The van der Waals surface area contributed by atoms with Crippen LogP contribution in [0, 0.1) is 5.92 Å². The highest BCUT2D eigenvalue weighted by Gasteiger charge is 2.16. The van der Waals surface area contributed by atoms with Crippen molar-refractivity contribution in [1.29, 1.82) is 0 Å². The maximum atomic E-state index is 12.0. The Bertz CT molecular complexity index is 393. The van der Waals surface area contributed by atoms with Gasteiger partial charge in [0, 0.05) is 19.5 Å². The minimum absolute atomic E-state index is 0.0226. The van der Waals surface area contributed by atoms with E-state index in [2.05, 4.69) is 0 Å². The fraction of sp³-hybridized carbons (Fsp3) is 0.500. The van der Waals surface area contributed by atoms with E-state index < -0.39 is 0 Å². The summed E-state index contributed by atoms with van der Waals surface area (Å²) in [6.07, 6.45) is 0.723. The van der Waals surface area contributed by atoms with Crippen molar-refractivity contribution in [3.8, 4) is 5.75 Å². The number of rotatable bonds is 6. The van der Waals surface area contributed by atoms with Gasteiger partial charge in [-0.3, -0.25) is 4.79 Å². The van der Waals surface area contributed by atoms with E-state index in [1.54, 1.807) is 12.0 Å². The molecule has 0 aliphatic rings. The lowest BCUT2D eigenvalue weighted by molar-refractivity contribution is -0.134. The lowest BCUT2D eigenvalue weighted by Gasteiger charge is -2.21. The minimum atomic E-state index is -0.0226. The van der Waals surface area contributed by atoms with Crippen LogP contribution in [-0.4, -0.2) is 31.5 Å². The van der Waals surface area contributed by atoms with E-state index in [0.717, 1.165) is 17.7 Å². The van der Waals surface area contributed by atoms with Crippen LogP contribution >= 0.6 is 0 Å². The van der Waals surface area contributed by atoms with Crippen LogP contribution in [0.15, 0.2) is 24.3 Å². The Morgan fingerprint density at radius 2 is 2.22 bits per heavy atom. The Kier molecular flexibility index (Phi) is 5.65. The van der Waals surface area contributed by atoms with E-state index in [0.29, 0.717) is 13.1 Å². The summed E-state index contributed by atoms with van der Waals surface area (Å²) in [5.41, 5.74) is 6.53. The molecule has 100 valence electrons. The molecule has 0 aromatic heterocycles. The first-order valence-corrected chi connectivity index (χ1v) is 6.16. The van der Waals surface area contributed by atoms with Crippen LogP contribution in [0.25, 0.3) is 0 Å². The second-order valence-corrected chi connectivity index (χ2v) is 4.52. The van der Waals surface area contributed by atoms with Gasteiger partial charge in [0.25, 0.3) is 0 Å². The first-order chi connectivity index (χ1) is 8.58. The number of benzene rings is 1. The molecule has 2 N–H and O–H groups in total. The molecule has 0 spiro atoms. The summed E-state index contributed by atoms with van der Waals surface area (Å²) in [5.74, 6) is 0.914. The number of carbonyl (C=O) groups is 1. The Morgan fingerprint density at radius 3 is 2.83 bits per heavy atom. The number of nitrogens with zero attached hydrogens (tertiary/aromatic N) is 1. The molecule has 0 fully saturated rings. The van der Waals surface area contributed by atoms with Gasteiger partial charge in [-0.15, -0.1) is 0 Å². The minimum Gasteiger partial charge on any atom is -0.497 e. The standard InChI is InChI=1S/C14H22N2O2/c1-11(7-8-15)14(17)16(2)10-12-5-4-6-13(9-12)18-3/h4-6,9,11H,7-8,10,15H2,1-3H3. The van der Waals surface area contributed by atoms with Gasteiger partial charge in [0.15, 0.2) is 0 Å². The average Bonchev–Trinajstić information content (AvgIpc) is 2.38. The third-order valence-corrected chi connectivity index (χ3v) is 2.95. The SMILES string of the molecule is COc1cccc(CN(C)C(=O)C(C)CCN)c1. The number of carbonyl (C=O) groups excluding carboxylic acids is 1. The fourth-order valence-electron chi connectivity index (χ4n) is 1.87. The van der Waals surface area contributed by atoms with Crippen LogP contribution in [0.5, 0.6) is 5.75 Å². The first-order valence-electron chi connectivity index (χ1n) is 6.16. The molecule has 1 atom stereocenters. The summed E-state index contributed by atoms with van der Waals surface area (Å²) in [4.78, 5) is 13.8. The van der Waals surface area contributed by atoms with E-state index in [-0.39, 0.29) is 11.8 Å². The zero-order chi connectivity index (χ0) is 13.5. The Balaban J connectivity index is 2.63. The molecule has 0 saturated heterocycles. The third kappa shape index (κ3) is 4.04. The number of nitrogens with two attached hydrogens (primary N) is 1. The van der Waals surface area contributed by atoms with E-state index in [1.807, 2.05) is 38.2 Å². The zero-order valence-corrected chi connectivity index (χ0v) is 11.3. The van der Waals surface area contributed by atoms with E-state index in [1.165, 1.54) is 0 Å². The summed E-state index contributed by atoms with van der Waals surface area (Å²) in [7, 11) is 3.45. The van der Waals surface area contributed by atoms with Gasteiger partial charge in [-0.1, -0.05) is 19.1 Å². The summed E-state index contributed by atoms with van der Waals surface area (Å²) in [5, 5.41) is 0. The first kappa shape index (κ1) is 14.5. The number of hydrogen-bond donors (Lipinski definition) is 1. The van der Waals surface area contributed by atoms with Crippen LogP contribution in [0.4, 0.5) is 0 Å². The normalized spacial score (nSPS) is 12.0. The fourth-order valence-corrected chi connectivity index (χ4v) is 1.87. The summed E-state index contributed by atoms with van der Waals surface area (Å²) < 4.78 is 5.16. The van der Waals surface area contributed by atoms with Gasteiger partial charge < -0.3 is 15.4 Å². The van der Waals surface area contributed by atoms with Crippen molar-refractivity contribution < 1.29 is 9.53 Å². The van der Waals surface area contributed by atoms with Gasteiger partial charge in [-0.2, -0.15) is 0 Å². The van der Waals surface area contributed by atoms with Gasteiger partial charge in [0.1, 0.15) is 5.75 Å². The smallest absolute Gasteiger partial charge is 0.225 e. The molecule has 1 unspecified atom stereocenters. The molecule has 1 rings (SSSR count). The molecular formula is C14H22N2O2. The Labute approximate surface area is 109 Å². The van der Waals surface area contributed by atoms with Crippen molar-refractivity contribution in [2.75, 3.05) is 20.7 Å². The second-order valence-electron chi connectivity index (χ2n) is 4.52. The van der Waals surface area contributed by atoms with Crippen LogP contribution in [0.1, 0.15) is 18.9 Å². The Hall–Kier alpha value is -1.55. The molecule has 0 saturated carbocycles. The molecular weight excluding hydrogens is 228 g/mol. The quantitative estimate of drug-likeness (QED) is 0.835. The molecule has 0 aliphatic carbocycles. The van der Waals surface area contributed by atoms with Crippen molar-refractivity contribution in [3.05, 3.63) is 29.8 Å². The monoisotopic (exact) mass is 250 g/mol. The van der Waals surface area contributed by atoms with Gasteiger partial charge in [-0.05, 0) is 30.7 Å². The molecule has 4 nitrogen and oxygen atoms in total. The predicted molar refractivity (Wildman–Crippen MR) is 72.3 cm³/mol. The zero-order valence-electron chi connectivity index (χ0n) is 11.3. The molecule has 18 heavy (non-hydrogen) atoms. The Morgan fingerprint density at radius 1 is 1.50 bits per heavy atom. The maximum absolute atomic E-state index is 12.0. The highest BCUT2D eigenvalue weighted by Crippen LogP contribution is 2.15. The molecule has 0 heterocycles. The lowest BCUT2D eigenvalue weighted by Crippen LogP contribution is -2.32. The molecule has 4 heteroatoms. The third-order valence-electron chi connectivity index (χ3n) is 2.95. The highest BCUT2D eigenvalue weighted by atomic mass is 16.5. The number of ether oxygens (including phenoxy) is 1. The van der Waals surface area contributed by atoms with Crippen LogP contribution in [0.2, 0.25) is 0 Å². The van der Waals surface area contributed by atoms with Gasteiger partial charge in [-0.25, -0.2) is 0 Å². The topological polar surface area (TPSA) is 55.6 Å². The van der Waals surface area contributed by atoms with Crippen molar-refractivity contribution in [2.24, 2.45) is 11.7 Å². The molecule has 0 aliphatic heterocycles. The largest absolute Gasteiger partial charge is 0.497 e. The molecule has 1 aromatic carbocycles. The summed E-state index contributed by atoms with van der Waals surface area (Å²) in [6, 6.07) is 7.75. The highest BCUT2D eigenvalue weighted by molar-refractivity contribution is 5.78. The molecule has 0 bridgehead atoms. The van der Waals surface area contributed by atoms with Gasteiger partial charge >= 0.3 is 0 Å². The van der Waals surface area contributed by atoms with Gasteiger partial charge in [0.05, 0.1) is 7.11 Å². The van der Waals surface area contributed by atoms with Crippen molar-refractivity contribution in [3.63, 3.8) is 0 Å². The van der Waals surface area contributed by atoms with E-state index in [9.17, 15) is 4.79 Å².